The Hall–Kier alpha value is -2.65. The third-order valence-electron chi connectivity index (χ3n) is 4.46. The molecule has 0 aliphatic carbocycles. The van der Waals surface area contributed by atoms with Crippen LogP contribution >= 0.6 is 12.2 Å². The minimum Gasteiger partial charge on any atom is -0.488 e. The molecule has 2 N–H and O–H groups in total. The van der Waals surface area contributed by atoms with Gasteiger partial charge in [0, 0.05) is 12.1 Å². The van der Waals surface area contributed by atoms with E-state index in [-0.39, 0.29) is 22.9 Å². The average molecular weight is 410 g/mol. The molecule has 1 amide bonds. The highest BCUT2D eigenvalue weighted by molar-refractivity contribution is 7.80. The number of rotatable bonds is 5. The van der Waals surface area contributed by atoms with Gasteiger partial charge in [0.1, 0.15) is 23.4 Å². The Balaban J connectivity index is 1.82. The highest BCUT2D eigenvalue weighted by Gasteiger charge is 2.38. The van der Waals surface area contributed by atoms with Gasteiger partial charge in [0.15, 0.2) is 0 Å². The number of hydrogen-bond donors (Lipinski definition) is 2. The molecule has 1 aliphatic heterocycles. The highest BCUT2D eigenvalue weighted by Crippen LogP contribution is 2.38. The standard InChI is InChI=1S/C19H17F3N2O3S/c20-19(21,22)14-10-13(18(28)24-9-8-15(24)17(25)23-26)6-7-16(14)27-11-12-4-2-1-3-5-12/h1-7,10,15,26H,8-9,11H2,(H,23,25). The molecule has 0 spiro atoms. The van der Waals surface area contributed by atoms with Crippen LogP contribution in [0.3, 0.4) is 0 Å². The van der Waals surface area contributed by atoms with E-state index >= 15 is 0 Å². The lowest BCUT2D eigenvalue weighted by molar-refractivity contribution is -0.139. The number of alkyl halides is 3. The fourth-order valence-electron chi connectivity index (χ4n) is 2.89. The van der Waals surface area contributed by atoms with Crippen LogP contribution in [0.5, 0.6) is 5.75 Å². The minimum absolute atomic E-state index is 0.00141. The Bertz CT molecular complexity index is 874. The maximum absolute atomic E-state index is 13.5. The van der Waals surface area contributed by atoms with E-state index in [1.807, 2.05) is 0 Å². The number of hydroxylamine groups is 1. The van der Waals surface area contributed by atoms with Gasteiger partial charge in [-0.3, -0.25) is 10.0 Å². The van der Waals surface area contributed by atoms with Gasteiger partial charge in [0.05, 0.1) is 5.56 Å². The zero-order chi connectivity index (χ0) is 20.3. The Morgan fingerprint density at radius 1 is 1.25 bits per heavy atom. The van der Waals surface area contributed by atoms with Crippen molar-refractivity contribution in [2.75, 3.05) is 6.54 Å². The molecule has 5 nitrogen and oxygen atoms in total. The topological polar surface area (TPSA) is 61.8 Å². The number of halogens is 3. The molecular weight excluding hydrogens is 393 g/mol. The summed E-state index contributed by atoms with van der Waals surface area (Å²) in [6.07, 6.45) is -4.18. The van der Waals surface area contributed by atoms with Crippen molar-refractivity contribution in [3.8, 4) is 5.75 Å². The molecule has 1 fully saturated rings. The fourth-order valence-corrected chi connectivity index (χ4v) is 3.23. The van der Waals surface area contributed by atoms with Crippen molar-refractivity contribution in [3.05, 3.63) is 65.2 Å². The van der Waals surface area contributed by atoms with E-state index in [1.54, 1.807) is 35.8 Å². The van der Waals surface area contributed by atoms with Crippen LogP contribution in [0.1, 0.15) is 23.1 Å². The summed E-state index contributed by atoms with van der Waals surface area (Å²) in [4.78, 5) is 13.2. The van der Waals surface area contributed by atoms with E-state index in [4.69, 9.17) is 22.2 Å². The second kappa shape index (κ2) is 8.15. The molecular formula is C19H17F3N2O3S. The number of carbonyl (C=O) groups is 1. The number of amides is 1. The SMILES string of the molecule is O=C(NO)C1CCN1C(=S)c1ccc(OCc2ccccc2)c(C(F)(F)F)c1. The second-order valence-corrected chi connectivity index (χ2v) is 6.65. The maximum atomic E-state index is 13.5. The van der Waals surface area contributed by atoms with Crippen molar-refractivity contribution in [1.29, 1.82) is 0 Å². The van der Waals surface area contributed by atoms with E-state index in [1.165, 1.54) is 17.0 Å². The summed E-state index contributed by atoms with van der Waals surface area (Å²) in [7, 11) is 0. The van der Waals surface area contributed by atoms with Crippen LogP contribution in [0.2, 0.25) is 0 Å². The lowest BCUT2D eigenvalue weighted by Crippen LogP contribution is -2.57. The molecule has 1 heterocycles. The van der Waals surface area contributed by atoms with Gasteiger partial charge in [-0.1, -0.05) is 42.5 Å². The molecule has 1 aliphatic rings. The molecule has 28 heavy (non-hydrogen) atoms. The van der Waals surface area contributed by atoms with Gasteiger partial charge in [0.25, 0.3) is 5.91 Å². The molecule has 1 unspecified atom stereocenters. The zero-order valence-corrected chi connectivity index (χ0v) is 15.4. The lowest BCUT2D eigenvalue weighted by Gasteiger charge is -2.41. The number of likely N-dealkylation sites (tertiary alicyclic amines) is 1. The minimum atomic E-state index is -4.63. The first-order valence-corrected chi connectivity index (χ1v) is 8.85. The molecule has 3 rings (SSSR count). The molecule has 2 aromatic carbocycles. The first-order valence-electron chi connectivity index (χ1n) is 8.44. The molecule has 0 bridgehead atoms. The summed E-state index contributed by atoms with van der Waals surface area (Å²) in [5, 5.41) is 8.75. The third-order valence-corrected chi connectivity index (χ3v) is 4.93. The van der Waals surface area contributed by atoms with Crippen LogP contribution < -0.4 is 10.2 Å². The van der Waals surface area contributed by atoms with E-state index in [2.05, 4.69) is 0 Å². The number of nitrogens with one attached hydrogen (secondary N) is 1. The van der Waals surface area contributed by atoms with E-state index in [0.29, 0.717) is 13.0 Å². The van der Waals surface area contributed by atoms with E-state index < -0.39 is 23.7 Å². The third kappa shape index (κ3) is 4.26. The van der Waals surface area contributed by atoms with Crippen LogP contribution in [0.15, 0.2) is 48.5 Å². The molecule has 1 saturated heterocycles. The second-order valence-electron chi connectivity index (χ2n) is 6.26. The molecule has 1 atom stereocenters. The first kappa shape index (κ1) is 20.1. The van der Waals surface area contributed by atoms with Gasteiger partial charge in [-0.15, -0.1) is 0 Å². The Kier molecular flexibility index (Phi) is 5.85. The molecule has 2 aromatic rings. The number of thiocarbonyl (C=S) groups is 1. The molecule has 0 saturated carbocycles. The monoisotopic (exact) mass is 410 g/mol. The fraction of sp³-hybridized carbons (Fsp3) is 0.263. The Morgan fingerprint density at radius 2 is 1.96 bits per heavy atom. The van der Waals surface area contributed by atoms with Crippen molar-refractivity contribution in [1.82, 2.24) is 10.4 Å². The van der Waals surface area contributed by atoms with Crippen LogP contribution in [-0.4, -0.2) is 33.6 Å². The molecule has 0 aromatic heterocycles. The van der Waals surface area contributed by atoms with Gasteiger partial charge in [-0.05, 0) is 30.2 Å². The quantitative estimate of drug-likeness (QED) is 0.449. The predicted molar refractivity (Wildman–Crippen MR) is 99.0 cm³/mol. The highest BCUT2D eigenvalue weighted by atomic mass is 32.1. The Morgan fingerprint density at radius 3 is 2.54 bits per heavy atom. The van der Waals surface area contributed by atoms with Gasteiger partial charge in [-0.25, -0.2) is 5.48 Å². The smallest absolute Gasteiger partial charge is 0.419 e. The molecule has 148 valence electrons. The van der Waals surface area contributed by atoms with Crippen molar-refractivity contribution in [3.63, 3.8) is 0 Å². The average Bonchev–Trinajstić information content (AvgIpc) is 2.65. The van der Waals surface area contributed by atoms with Crippen molar-refractivity contribution in [2.24, 2.45) is 0 Å². The zero-order valence-electron chi connectivity index (χ0n) is 14.6. The summed E-state index contributed by atoms with van der Waals surface area (Å²) in [5.74, 6) is -0.941. The first-order chi connectivity index (χ1) is 13.3. The predicted octanol–water partition coefficient (Wildman–Crippen LogP) is 3.54. The van der Waals surface area contributed by atoms with E-state index in [0.717, 1.165) is 11.6 Å². The summed E-state index contributed by atoms with van der Waals surface area (Å²) in [5.41, 5.74) is 1.50. The summed E-state index contributed by atoms with van der Waals surface area (Å²) >= 11 is 5.26. The van der Waals surface area contributed by atoms with Crippen molar-refractivity contribution < 1.29 is 27.9 Å². The largest absolute Gasteiger partial charge is 0.488 e. The number of nitrogens with zero attached hydrogens (tertiary/aromatic N) is 1. The van der Waals surface area contributed by atoms with Crippen LogP contribution in [0.4, 0.5) is 13.2 Å². The number of benzene rings is 2. The van der Waals surface area contributed by atoms with Crippen LogP contribution in [-0.2, 0) is 17.6 Å². The van der Waals surface area contributed by atoms with Gasteiger partial charge < -0.3 is 9.64 Å². The summed E-state index contributed by atoms with van der Waals surface area (Å²) < 4.78 is 46.0. The summed E-state index contributed by atoms with van der Waals surface area (Å²) in [6.45, 7) is 0.420. The van der Waals surface area contributed by atoms with Gasteiger partial charge >= 0.3 is 6.18 Å². The number of carbonyl (C=O) groups excluding carboxylic acids is 1. The maximum Gasteiger partial charge on any atom is 0.419 e. The lowest BCUT2D eigenvalue weighted by atomic mass is 10.00. The normalized spacial score (nSPS) is 16.3. The van der Waals surface area contributed by atoms with Gasteiger partial charge in [-0.2, -0.15) is 13.2 Å². The number of ether oxygens (including phenoxy) is 1. The number of hydrogen-bond acceptors (Lipinski definition) is 4. The molecule has 0 radical (unpaired) electrons. The van der Waals surface area contributed by atoms with Gasteiger partial charge in [0.2, 0.25) is 0 Å². The molecule has 9 heteroatoms. The van der Waals surface area contributed by atoms with Crippen molar-refractivity contribution in [2.45, 2.75) is 25.2 Å². The van der Waals surface area contributed by atoms with E-state index in [9.17, 15) is 18.0 Å². The van der Waals surface area contributed by atoms with Crippen molar-refractivity contribution >= 4 is 23.1 Å². The van der Waals surface area contributed by atoms with Crippen LogP contribution in [0, 0.1) is 0 Å². The van der Waals surface area contributed by atoms with Crippen LogP contribution in [0.25, 0.3) is 0 Å². The Labute approximate surface area is 164 Å². The summed E-state index contributed by atoms with van der Waals surface area (Å²) in [6, 6.07) is 11.8.